The zero-order valence-electron chi connectivity index (χ0n) is 19.2. The average molecular weight is 496 g/mol. The van der Waals surface area contributed by atoms with Gasteiger partial charge in [0, 0.05) is 25.2 Å². The van der Waals surface area contributed by atoms with Gasteiger partial charge in [-0.15, -0.1) is 0 Å². The molecule has 0 spiro atoms. The molecule has 8 nitrogen and oxygen atoms in total. The Balaban J connectivity index is 2.33. The number of methoxy groups -OCH3 is 1. The summed E-state index contributed by atoms with van der Waals surface area (Å²) in [4.78, 5) is 27.5. The van der Waals surface area contributed by atoms with Crippen molar-refractivity contribution in [3.63, 3.8) is 0 Å². The van der Waals surface area contributed by atoms with Gasteiger partial charge in [0.1, 0.15) is 11.8 Å². The maximum Gasteiger partial charge on any atom is 0.243 e. The number of hydrogen-bond acceptors (Lipinski definition) is 5. The fraction of sp³-hybridized carbons (Fsp3) is 0.391. The second-order valence-electron chi connectivity index (χ2n) is 7.41. The van der Waals surface area contributed by atoms with Crippen molar-refractivity contribution in [2.45, 2.75) is 37.8 Å². The summed E-state index contributed by atoms with van der Waals surface area (Å²) in [6.45, 7) is 3.72. The van der Waals surface area contributed by atoms with E-state index < -0.39 is 28.5 Å². The molecule has 2 rings (SSSR count). The Bertz CT molecular complexity index is 1060. The molecule has 0 aliphatic carbocycles. The molecule has 0 aromatic heterocycles. The van der Waals surface area contributed by atoms with Gasteiger partial charge in [-0.25, -0.2) is 8.42 Å². The Morgan fingerprint density at radius 1 is 1.12 bits per heavy atom. The second-order valence-corrected chi connectivity index (χ2v) is 9.89. The number of halogens is 1. The van der Waals surface area contributed by atoms with Crippen molar-refractivity contribution in [3.8, 4) is 5.75 Å². The van der Waals surface area contributed by atoms with Crippen LogP contribution in [0.5, 0.6) is 5.75 Å². The molecule has 0 saturated carbocycles. The summed E-state index contributed by atoms with van der Waals surface area (Å²) in [5.41, 5.74) is 0.758. The van der Waals surface area contributed by atoms with Gasteiger partial charge in [-0.05, 0) is 55.3 Å². The largest absolute Gasteiger partial charge is 0.497 e. The van der Waals surface area contributed by atoms with Crippen LogP contribution in [0.15, 0.2) is 53.4 Å². The van der Waals surface area contributed by atoms with Gasteiger partial charge in [0.2, 0.25) is 21.8 Å². The minimum Gasteiger partial charge on any atom is -0.497 e. The molecule has 0 radical (unpaired) electrons. The van der Waals surface area contributed by atoms with Crippen molar-refractivity contribution in [1.82, 2.24) is 14.5 Å². The summed E-state index contributed by atoms with van der Waals surface area (Å²) in [6, 6.07) is 12.1. The maximum atomic E-state index is 13.3. The number of nitrogens with one attached hydrogen (secondary N) is 1. The zero-order valence-corrected chi connectivity index (χ0v) is 20.8. The lowest BCUT2D eigenvalue weighted by Gasteiger charge is -2.32. The highest BCUT2D eigenvalue weighted by molar-refractivity contribution is 7.89. The van der Waals surface area contributed by atoms with E-state index in [0.29, 0.717) is 23.7 Å². The molecule has 0 unspecified atom stereocenters. The molecule has 0 fully saturated rings. The number of nitrogens with zero attached hydrogens (tertiary/aromatic N) is 2. The Kier molecular flexibility index (Phi) is 9.70. The molecule has 2 aromatic rings. The third kappa shape index (κ3) is 6.93. The quantitative estimate of drug-likeness (QED) is 0.517. The van der Waals surface area contributed by atoms with E-state index in [9.17, 15) is 18.0 Å². The molecule has 180 valence electrons. The van der Waals surface area contributed by atoms with E-state index in [1.807, 2.05) is 6.07 Å². The molecule has 33 heavy (non-hydrogen) atoms. The summed E-state index contributed by atoms with van der Waals surface area (Å²) >= 11 is 5.86. The molecule has 0 saturated heterocycles. The second kappa shape index (κ2) is 12.0. The third-order valence-electron chi connectivity index (χ3n) is 5.10. The number of carbonyl (C=O) groups excluding carboxylic acids is 2. The van der Waals surface area contributed by atoms with Crippen LogP contribution in [-0.2, 0) is 26.2 Å². The van der Waals surface area contributed by atoms with Crippen molar-refractivity contribution < 1.29 is 22.7 Å². The van der Waals surface area contributed by atoms with Gasteiger partial charge in [-0.1, -0.05) is 30.7 Å². The first-order valence-corrected chi connectivity index (χ1v) is 12.4. The average Bonchev–Trinajstić information content (AvgIpc) is 2.79. The van der Waals surface area contributed by atoms with E-state index >= 15 is 0 Å². The normalized spacial score (nSPS) is 12.3. The lowest BCUT2D eigenvalue weighted by Crippen LogP contribution is -2.51. The molecule has 0 aliphatic rings. The van der Waals surface area contributed by atoms with Crippen LogP contribution in [-0.4, -0.2) is 62.7 Å². The van der Waals surface area contributed by atoms with Gasteiger partial charge in [0.25, 0.3) is 0 Å². The first-order chi connectivity index (χ1) is 15.6. The van der Waals surface area contributed by atoms with Crippen LogP contribution in [0.4, 0.5) is 0 Å². The minimum absolute atomic E-state index is 0.0253. The van der Waals surface area contributed by atoms with Crippen LogP contribution in [0.1, 0.15) is 25.8 Å². The van der Waals surface area contributed by atoms with Crippen LogP contribution in [0.25, 0.3) is 0 Å². The van der Waals surface area contributed by atoms with Crippen LogP contribution >= 0.6 is 11.6 Å². The molecule has 10 heteroatoms. The smallest absolute Gasteiger partial charge is 0.243 e. The van der Waals surface area contributed by atoms with Gasteiger partial charge in [-0.2, -0.15) is 4.31 Å². The summed E-state index contributed by atoms with van der Waals surface area (Å²) < 4.78 is 32.1. The number of likely N-dealkylation sites (N-methyl/N-ethyl adjacent to an activating group) is 2. The molecule has 0 aliphatic heterocycles. The molecular formula is C23H30ClN3O5S. The molecule has 1 N–H and O–H groups in total. The van der Waals surface area contributed by atoms with Gasteiger partial charge < -0.3 is 15.0 Å². The number of hydrogen-bond donors (Lipinski definition) is 1. The molecule has 0 heterocycles. The number of benzene rings is 2. The summed E-state index contributed by atoms with van der Waals surface area (Å²) in [6.07, 6.45) is 0.370. The standard InChI is InChI=1S/C23H30ClN3O5S/c1-5-21(23(29)25-6-2)27(15-17-8-7-9-19(14-17)32-4)22(28)16-26(3)33(30,31)20-12-10-18(24)11-13-20/h7-14,21H,5-6,15-16H2,1-4H3,(H,25,29)/t21-/m1/s1. The van der Waals surface area contributed by atoms with Crippen LogP contribution in [0.2, 0.25) is 5.02 Å². The van der Waals surface area contributed by atoms with E-state index in [-0.39, 0.29) is 17.3 Å². The van der Waals surface area contributed by atoms with Crippen LogP contribution in [0, 0.1) is 0 Å². The van der Waals surface area contributed by atoms with Crippen molar-refractivity contribution in [2.75, 3.05) is 27.2 Å². The SMILES string of the molecule is CCNC(=O)[C@@H](CC)N(Cc1cccc(OC)c1)C(=O)CN(C)S(=O)(=O)c1ccc(Cl)cc1. The number of rotatable bonds is 11. The van der Waals surface area contributed by atoms with Gasteiger partial charge >= 0.3 is 0 Å². The van der Waals surface area contributed by atoms with E-state index in [0.717, 1.165) is 9.87 Å². The molecule has 2 aromatic carbocycles. The first kappa shape index (κ1) is 26.6. The van der Waals surface area contributed by atoms with Crippen molar-refractivity contribution >= 4 is 33.4 Å². The Hall–Kier alpha value is -2.62. The van der Waals surface area contributed by atoms with Crippen molar-refractivity contribution in [2.24, 2.45) is 0 Å². The van der Waals surface area contributed by atoms with E-state index in [4.69, 9.17) is 16.3 Å². The van der Waals surface area contributed by atoms with Crippen molar-refractivity contribution in [3.05, 3.63) is 59.1 Å². The molecule has 2 amide bonds. The van der Waals surface area contributed by atoms with E-state index in [1.165, 1.54) is 36.2 Å². The third-order valence-corrected chi connectivity index (χ3v) is 7.17. The number of amides is 2. The number of carbonyl (C=O) groups is 2. The first-order valence-electron chi connectivity index (χ1n) is 10.6. The summed E-state index contributed by atoms with van der Waals surface area (Å²) in [5.74, 6) is -0.163. The van der Waals surface area contributed by atoms with Crippen LogP contribution < -0.4 is 10.1 Å². The van der Waals surface area contributed by atoms with Gasteiger partial charge in [0.05, 0.1) is 18.6 Å². The van der Waals surface area contributed by atoms with Gasteiger partial charge in [0.15, 0.2) is 0 Å². The Morgan fingerprint density at radius 3 is 2.36 bits per heavy atom. The predicted molar refractivity (Wildman–Crippen MR) is 128 cm³/mol. The topological polar surface area (TPSA) is 96.0 Å². The van der Waals surface area contributed by atoms with E-state index in [2.05, 4.69) is 5.32 Å². The highest BCUT2D eigenvalue weighted by atomic mass is 35.5. The summed E-state index contributed by atoms with van der Waals surface area (Å²) in [7, 11) is -1.05. The Labute approximate surface area is 200 Å². The molecular weight excluding hydrogens is 466 g/mol. The maximum absolute atomic E-state index is 13.3. The monoisotopic (exact) mass is 495 g/mol. The fourth-order valence-electron chi connectivity index (χ4n) is 3.33. The fourth-order valence-corrected chi connectivity index (χ4v) is 4.58. The molecule has 0 bridgehead atoms. The zero-order chi connectivity index (χ0) is 24.6. The minimum atomic E-state index is -3.92. The number of ether oxygens (including phenoxy) is 1. The van der Waals surface area contributed by atoms with E-state index in [1.54, 1.807) is 39.2 Å². The highest BCUT2D eigenvalue weighted by Gasteiger charge is 2.31. The Morgan fingerprint density at radius 2 is 1.79 bits per heavy atom. The number of sulfonamides is 1. The van der Waals surface area contributed by atoms with Crippen molar-refractivity contribution in [1.29, 1.82) is 0 Å². The van der Waals surface area contributed by atoms with Crippen LogP contribution in [0.3, 0.4) is 0 Å². The molecule has 1 atom stereocenters. The lowest BCUT2D eigenvalue weighted by molar-refractivity contribution is -0.141. The lowest BCUT2D eigenvalue weighted by atomic mass is 10.1. The summed E-state index contributed by atoms with van der Waals surface area (Å²) in [5, 5.41) is 3.16. The highest BCUT2D eigenvalue weighted by Crippen LogP contribution is 2.20. The van der Waals surface area contributed by atoms with Gasteiger partial charge in [-0.3, -0.25) is 9.59 Å². The predicted octanol–water partition coefficient (Wildman–Crippen LogP) is 2.91.